The van der Waals surface area contributed by atoms with Gasteiger partial charge in [0.05, 0.1) is 24.3 Å². The van der Waals surface area contributed by atoms with E-state index in [1.54, 1.807) is 16.8 Å². The van der Waals surface area contributed by atoms with Crippen LogP contribution in [0, 0.1) is 0 Å². The van der Waals surface area contributed by atoms with Crippen molar-refractivity contribution in [1.29, 1.82) is 0 Å². The number of ether oxygens (including phenoxy) is 2. The molecule has 7 nitrogen and oxygen atoms in total. The molecule has 0 unspecified atom stereocenters. The van der Waals surface area contributed by atoms with Gasteiger partial charge in [0.25, 0.3) is 0 Å². The summed E-state index contributed by atoms with van der Waals surface area (Å²) in [5.41, 5.74) is 2.43. The maximum absolute atomic E-state index is 6.59. The summed E-state index contributed by atoms with van der Waals surface area (Å²) in [6.45, 7) is 0. The Morgan fingerprint density at radius 1 is 1.00 bits per heavy atom. The molecule has 0 aliphatic rings. The predicted molar refractivity (Wildman–Crippen MR) is 106 cm³/mol. The summed E-state index contributed by atoms with van der Waals surface area (Å²) in [5.74, 6) is 0.888. The molecule has 0 saturated carbocycles. The molecule has 0 amide bonds. The van der Waals surface area contributed by atoms with Crippen molar-refractivity contribution in [1.82, 2.24) is 24.6 Å². The van der Waals surface area contributed by atoms with Gasteiger partial charge in [0.1, 0.15) is 17.8 Å². The van der Waals surface area contributed by atoms with Gasteiger partial charge in [-0.2, -0.15) is 9.61 Å². The lowest BCUT2D eigenvalue weighted by Gasteiger charge is -2.15. The number of rotatable bonds is 4. The first-order chi connectivity index (χ1) is 13.1. The SMILES string of the molecule is COc1cc(OC)c(Cl)c(-c2cc3cnc(SC)nc3n3ncnc23)c1Cl. The van der Waals surface area contributed by atoms with Gasteiger partial charge in [0, 0.05) is 28.8 Å². The van der Waals surface area contributed by atoms with Crippen molar-refractivity contribution < 1.29 is 9.47 Å². The molecule has 0 spiro atoms. The highest BCUT2D eigenvalue weighted by Crippen LogP contribution is 2.47. The molecular formula is C17H13Cl2N5O2S. The first kappa shape index (κ1) is 18.1. The summed E-state index contributed by atoms with van der Waals surface area (Å²) < 4.78 is 12.4. The van der Waals surface area contributed by atoms with Crippen LogP contribution in [0.25, 0.3) is 27.8 Å². The monoisotopic (exact) mass is 421 g/mol. The van der Waals surface area contributed by atoms with Crippen LogP contribution in [0.5, 0.6) is 11.5 Å². The van der Waals surface area contributed by atoms with E-state index in [1.807, 2.05) is 12.3 Å². The fourth-order valence-electron chi connectivity index (χ4n) is 2.84. The molecule has 0 radical (unpaired) electrons. The molecule has 0 atom stereocenters. The third-order valence-electron chi connectivity index (χ3n) is 4.09. The Bertz CT molecular complexity index is 1150. The number of thioether (sulfide) groups is 1. The van der Waals surface area contributed by atoms with Crippen LogP contribution in [0.1, 0.15) is 0 Å². The third-order valence-corrected chi connectivity index (χ3v) is 5.40. The Labute approximate surface area is 168 Å². The second-order valence-electron chi connectivity index (χ2n) is 5.47. The van der Waals surface area contributed by atoms with E-state index >= 15 is 0 Å². The van der Waals surface area contributed by atoms with Crippen molar-refractivity contribution in [3.63, 3.8) is 0 Å². The van der Waals surface area contributed by atoms with E-state index < -0.39 is 0 Å². The Morgan fingerprint density at radius 2 is 1.70 bits per heavy atom. The van der Waals surface area contributed by atoms with E-state index in [-0.39, 0.29) is 0 Å². The van der Waals surface area contributed by atoms with Crippen LogP contribution in [0.3, 0.4) is 0 Å². The van der Waals surface area contributed by atoms with E-state index in [2.05, 4.69) is 20.1 Å². The van der Waals surface area contributed by atoms with Crippen LogP contribution in [0.4, 0.5) is 0 Å². The number of hydrogen-bond acceptors (Lipinski definition) is 7. The molecule has 3 heterocycles. The maximum Gasteiger partial charge on any atom is 0.189 e. The molecule has 0 aliphatic heterocycles. The first-order valence-electron chi connectivity index (χ1n) is 7.72. The lowest BCUT2D eigenvalue weighted by atomic mass is 10.0. The first-order valence-corrected chi connectivity index (χ1v) is 9.71. The largest absolute Gasteiger partial charge is 0.495 e. The van der Waals surface area contributed by atoms with Crippen LogP contribution >= 0.6 is 35.0 Å². The summed E-state index contributed by atoms with van der Waals surface area (Å²) in [6, 6.07) is 3.53. The van der Waals surface area contributed by atoms with Crippen LogP contribution in [0.15, 0.2) is 29.8 Å². The zero-order valence-corrected chi connectivity index (χ0v) is 16.9. The minimum Gasteiger partial charge on any atom is -0.495 e. The van der Waals surface area contributed by atoms with Gasteiger partial charge in [-0.3, -0.25) is 0 Å². The quantitative estimate of drug-likeness (QED) is 0.357. The minimum atomic E-state index is 0.356. The van der Waals surface area contributed by atoms with E-state index in [1.165, 1.54) is 32.3 Å². The highest BCUT2D eigenvalue weighted by molar-refractivity contribution is 7.98. The van der Waals surface area contributed by atoms with Gasteiger partial charge >= 0.3 is 0 Å². The molecule has 10 heteroatoms. The lowest BCUT2D eigenvalue weighted by Crippen LogP contribution is -2.00. The van der Waals surface area contributed by atoms with Crippen molar-refractivity contribution >= 4 is 51.6 Å². The molecule has 0 aliphatic carbocycles. The van der Waals surface area contributed by atoms with Crippen molar-refractivity contribution in [2.75, 3.05) is 20.5 Å². The van der Waals surface area contributed by atoms with E-state index in [0.717, 1.165) is 5.39 Å². The molecule has 0 bridgehead atoms. The van der Waals surface area contributed by atoms with Gasteiger partial charge in [-0.25, -0.2) is 15.0 Å². The molecule has 27 heavy (non-hydrogen) atoms. The van der Waals surface area contributed by atoms with Gasteiger partial charge in [-0.05, 0) is 12.3 Å². The summed E-state index contributed by atoms with van der Waals surface area (Å²) in [5, 5.41) is 6.44. The molecule has 0 saturated heterocycles. The fraction of sp³-hybridized carbons (Fsp3) is 0.176. The molecular weight excluding hydrogens is 409 g/mol. The Hall–Kier alpha value is -2.29. The molecule has 4 rings (SSSR count). The van der Waals surface area contributed by atoms with Crippen LogP contribution < -0.4 is 9.47 Å². The number of fused-ring (bicyclic) bond motifs is 3. The summed E-state index contributed by atoms with van der Waals surface area (Å²) in [7, 11) is 3.06. The smallest absolute Gasteiger partial charge is 0.189 e. The van der Waals surface area contributed by atoms with Crippen LogP contribution in [-0.2, 0) is 0 Å². The topological polar surface area (TPSA) is 74.4 Å². The van der Waals surface area contributed by atoms with Gasteiger partial charge in [-0.15, -0.1) is 0 Å². The van der Waals surface area contributed by atoms with E-state index in [4.69, 9.17) is 32.7 Å². The zero-order valence-electron chi connectivity index (χ0n) is 14.5. The Balaban J connectivity index is 2.12. The lowest BCUT2D eigenvalue weighted by molar-refractivity contribution is 0.395. The standard InChI is InChI=1S/C17H13Cl2N5O2S/c1-25-10-5-11(26-2)14(19)12(13(10)18)9-4-8-6-20-17(27-3)23-15(8)24-16(9)21-7-22-24/h4-7H,1-3H3. The number of nitrogens with zero attached hydrogens (tertiary/aromatic N) is 5. The molecule has 1 aromatic carbocycles. The minimum absolute atomic E-state index is 0.356. The van der Waals surface area contributed by atoms with Crippen molar-refractivity contribution in [2.45, 2.75) is 5.16 Å². The van der Waals surface area contributed by atoms with Gasteiger partial charge in [-0.1, -0.05) is 35.0 Å². The van der Waals surface area contributed by atoms with Crippen molar-refractivity contribution in [3.05, 3.63) is 34.7 Å². The zero-order chi connectivity index (χ0) is 19.1. The number of aromatic nitrogens is 5. The molecule has 4 aromatic rings. The van der Waals surface area contributed by atoms with Crippen molar-refractivity contribution in [2.24, 2.45) is 0 Å². The fourth-order valence-corrected chi connectivity index (χ4v) is 3.88. The number of methoxy groups -OCH3 is 2. The van der Waals surface area contributed by atoms with E-state index in [9.17, 15) is 0 Å². The molecule has 0 N–H and O–H groups in total. The summed E-state index contributed by atoms with van der Waals surface area (Å²) >= 11 is 14.6. The number of halogens is 2. The van der Waals surface area contributed by atoms with Crippen LogP contribution in [-0.4, -0.2) is 45.0 Å². The third kappa shape index (κ3) is 2.84. The predicted octanol–water partition coefficient (Wildman–Crippen LogP) is 4.39. The average Bonchev–Trinajstić information content (AvgIpc) is 3.18. The maximum atomic E-state index is 6.59. The summed E-state index contributed by atoms with van der Waals surface area (Å²) in [4.78, 5) is 13.3. The second-order valence-corrected chi connectivity index (χ2v) is 7.00. The number of pyridine rings is 1. The molecule has 0 fully saturated rings. The van der Waals surface area contributed by atoms with Gasteiger partial charge in [0.2, 0.25) is 0 Å². The Morgan fingerprint density at radius 3 is 2.33 bits per heavy atom. The molecule has 3 aromatic heterocycles. The molecule has 138 valence electrons. The average molecular weight is 422 g/mol. The Kier molecular flexibility index (Phi) is 4.71. The highest BCUT2D eigenvalue weighted by Gasteiger charge is 2.22. The highest BCUT2D eigenvalue weighted by atomic mass is 35.5. The van der Waals surface area contributed by atoms with Crippen molar-refractivity contribution in [3.8, 4) is 22.6 Å². The number of benzene rings is 1. The normalized spacial score (nSPS) is 11.3. The number of hydrogen-bond donors (Lipinski definition) is 0. The van der Waals surface area contributed by atoms with Gasteiger partial charge < -0.3 is 9.47 Å². The van der Waals surface area contributed by atoms with Gasteiger partial charge in [0.15, 0.2) is 16.5 Å². The van der Waals surface area contributed by atoms with E-state index in [0.29, 0.717) is 49.1 Å². The van der Waals surface area contributed by atoms with Crippen LogP contribution in [0.2, 0.25) is 10.0 Å². The summed E-state index contributed by atoms with van der Waals surface area (Å²) in [6.07, 6.45) is 5.10. The second kappa shape index (κ2) is 7.03.